The summed E-state index contributed by atoms with van der Waals surface area (Å²) in [6.45, 7) is 1.71. The lowest BCUT2D eigenvalue weighted by Crippen LogP contribution is -2.23. The molecule has 1 amide bonds. The zero-order chi connectivity index (χ0) is 10.1. The third-order valence-corrected chi connectivity index (χ3v) is 3.60. The van der Waals surface area contributed by atoms with Crippen molar-refractivity contribution in [3.8, 4) is 0 Å². The predicted octanol–water partition coefficient (Wildman–Crippen LogP) is 1.65. The monoisotopic (exact) mass is 207 g/mol. The Morgan fingerprint density at radius 2 is 2.07 bits per heavy atom. The molecule has 0 bridgehead atoms. The van der Waals surface area contributed by atoms with Crippen LogP contribution in [0.1, 0.15) is 6.92 Å². The van der Waals surface area contributed by atoms with Gasteiger partial charge in [-0.05, 0) is 19.1 Å². The molecular formula is C10H9NO2S. The van der Waals surface area contributed by atoms with Gasteiger partial charge in [0.05, 0.1) is 21.4 Å². The molecule has 0 aliphatic carbocycles. The van der Waals surface area contributed by atoms with Crippen LogP contribution in [0, 0.1) is 0 Å². The smallest absolute Gasteiger partial charge is 0.264 e. The SMILES string of the molecule is C/C=C1\C(=O)Nc2ccccc2S1=O. The van der Waals surface area contributed by atoms with Crippen LogP contribution in [0.15, 0.2) is 40.1 Å². The average molecular weight is 207 g/mol. The van der Waals surface area contributed by atoms with E-state index in [1.54, 1.807) is 31.2 Å². The number of fused-ring (bicyclic) bond motifs is 1. The van der Waals surface area contributed by atoms with Crippen molar-refractivity contribution in [1.29, 1.82) is 0 Å². The minimum absolute atomic E-state index is 0.274. The van der Waals surface area contributed by atoms with E-state index in [9.17, 15) is 9.00 Å². The van der Waals surface area contributed by atoms with Gasteiger partial charge < -0.3 is 5.32 Å². The Morgan fingerprint density at radius 3 is 2.79 bits per heavy atom. The number of carbonyl (C=O) groups excluding carboxylic acids is 1. The molecule has 0 aromatic heterocycles. The number of carbonyl (C=O) groups is 1. The Kier molecular flexibility index (Phi) is 2.21. The van der Waals surface area contributed by atoms with E-state index < -0.39 is 10.8 Å². The third-order valence-electron chi connectivity index (χ3n) is 2.02. The summed E-state index contributed by atoms with van der Waals surface area (Å²) in [6, 6.07) is 7.12. The van der Waals surface area contributed by atoms with Crippen LogP contribution in [0.2, 0.25) is 0 Å². The molecule has 0 radical (unpaired) electrons. The van der Waals surface area contributed by atoms with Crippen molar-refractivity contribution < 1.29 is 9.00 Å². The van der Waals surface area contributed by atoms with Crippen molar-refractivity contribution in [2.24, 2.45) is 0 Å². The first-order chi connectivity index (χ1) is 6.74. The molecule has 72 valence electrons. The van der Waals surface area contributed by atoms with Gasteiger partial charge in [0.1, 0.15) is 4.91 Å². The number of rotatable bonds is 0. The molecule has 1 aromatic carbocycles. The van der Waals surface area contributed by atoms with Gasteiger partial charge in [0, 0.05) is 0 Å². The fourth-order valence-corrected chi connectivity index (χ4v) is 2.55. The van der Waals surface area contributed by atoms with Crippen LogP contribution in [-0.2, 0) is 15.6 Å². The van der Waals surface area contributed by atoms with Gasteiger partial charge in [-0.3, -0.25) is 4.79 Å². The number of hydrogen-bond acceptors (Lipinski definition) is 2. The van der Waals surface area contributed by atoms with Gasteiger partial charge in [-0.25, -0.2) is 4.21 Å². The van der Waals surface area contributed by atoms with Crippen molar-refractivity contribution in [3.63, 3.8) is 0 Å². The highest BCUT2D eigenvalue weighted by molar-refractivity contribution is 7.90. The molecule has 0 saturated carbocycles. The lowest BCUT2D eigenvalue weighted by molar-refractivity contribution is -0.112. The zero-order valence-corrected chi connectivity index (χ0v) is 8.43. The van der Waals surface area contributed by atoms with Gasteiger partial charge in [-0.15, -0.1) is 0 Å². The van der Waals surface area contributed by atoms with Crippen LogP contribution in [0.25, 0.3) is 0 Å². The van der Waals surface area contributed by atoms with Crippen molar-refractivity contribution in [1.82, 2.24) is 0 Å². The van der Waals surface area contributed by atoms with Crippen LogP contribution in [0.3, 0.4) is 0 Å². The van der Waals surface area contributed by atoms with E-state index in [-0.39, 0.29) is 5.91 Å². The van der Waals surface area contributed by atoms with Crippen LogP contribution < -0.4 is 5.32 Å². The number of benzene rings is 1. The first kappa shape index (κ1) is 9.15. The highest BCUT2D eigenvalue weighted by Gasteiger charge is 2.25. The molecule has 3 nitrogen and oxygen atoms in total. The molecule has 1 atom stereocenters. The maximum Gasteiger partial charge on any atom is 0.264 e. The fourth-order valence-electron chi connectivity index (χ4n) is 1.36. The lowest BCUT2D eigenvalue weighted by atomic mass is 10.3. The summed E-state index contributed by atoms with van der Waals surface area (Å²) in [5, 5.41) is 2.69. The predicted molar refractivity (Wildman–Crippen MR) is 55.2 cm³/mol. The molecule has 0 saturated heterocycles. The number of nitrogens with one attached hydrogen (secondary N) is 1. The average Bonchev–Trinajstić information content (AvgIpc) is 2.18. The summed E-state index contributed by atoms with van der Waals surface area (Å²) in [4.78, 5) is 12.4. The molecule has 1 aliphatic heterocycles. The first-order valence-electron chi connectivity index (χ1n) is 4.22. The number of para-hydroxylation sites is 1. The molecule has 1 aromatic rings. The van der Waals surface area contributed by atoms with Crippen molar-refractivity contribution >= 4 is 22.4 Å². The highest BCUT2D eigenvalue weighted by atomic mass is 32.2. The second kappa shape index (κ2) is 3.38. The Hall–Kier alpha value is -1.42. The Bertz CT molecular complexity index is 451. The topological polar surface area (TPSA) is 46.2 Å². The molecule has 1 N–H and O–H groups in total. The molecule has 14 heavy (non-hydrogen) atoms. The van der Waals surface area contributed by atoms with E-state index in [2.05, 4.69) is 5.32 Å². The molecular weight excluding hydrogens is 198 g/mol. The zero-order valence-electron chi connectivity index (χ0n) is 7.61. The Balaban J connectivity index is 2.60. The van der Waals surface area contributed by atoms with E-state index in [1.807, 2.05) is 6.07 Å². The largest absolute Gasteiger partial charge is 0.320 e. The molecule has 0 fully saturated rings. The second-order valence-electron chi connectivity index (χ2n) is 2.87. The molecule has 0 spiro atoms. The van der Waals surface area contributed by atoms with Crippen LogP contribution in [0.5, 0.6) is 0 Å². The number of hydrogen-bond donors (Lipinski definition) is 1. The number of allylic oxidation sites excluding steroid dienone is 1. The molecule has 2 rings (SSSR count). The maximum absolute atomic E-state index is 11.8. The van der Waals surface area contributed by atoms with Crippen LogP contribution >= 0.6 is 0 Å². The Labute approximate surface area is 84.3 Å². The van der Waals surface area contributed by atoms with Gasteiger partial charge in [0.25, 0.3) is 5.91 Å². The van der Waals surface area contributed by atoms with E-state index >= 15 is 0 Å². The summed E-state index contributed by atoms with van der Waals surface area (Å²) < 4.78 is 11.8. The standard InChI is InChI=1S/C10H9NO2S/c1-2-8-10(12)11-7-5-3-4-6-9(7)14(8)13/h2-6H,1H3,(H,11,12)/b8-2+. The molecule has 1 unspecified atom stereocenters. The highest BCUT2D eigenvalue weighted by Crippen LogP contribution is 2.28. The van der Waals surface area contributed by atoms with Gasteiger partial charge in [-0.2, -0.15) is 0 Å². The molecule has 4 heteroatoms. The minimum atomic E-state index is -1.33. The minimum Gasteiger partial charge on any atom is -0.320 e. The van der Waals surface area contributed by atoms with E-state index in [0.29, 0.717) is 15.5 Å². The van der Waals surface area contributed by atoms with E-state index in [0.717, 1.165) is 0 Å². The van der Waals surface area contributed by atoms with E-state index in [1.165, 1.54) is 0 Å². The maximum atomic E-state index is 11.8. The van der Waals surface area contributed by atoms with Crippen molar-refractivity contribution in [3.05, 3.63) is 35.2 Å². The van der Waals surface area contributed by atoms with Crippen molar-refractivity contribution in [2.75, 3.05) is 5.32 Å². The second-order valence-corrected chi connectivity index (χ2v) is 4.29. The summed E-state index contributed by atoms with van der Waals surface area (Å²) in [6.07, 6.45) is 1.58. The van der Waals surface area contributed by atoms with Gasteiger partial charge in [0.2, 0.25) is 0 Å². The summed E-state index contributed by atoms with van der Waals surface area (Å²) in [5.74, 6) is -0.274. The van der Waals surface area contributed by atoms with Gasteiger partial charge >= 0.3 is 0 Å². The first-order valence-corrected chi connectivity index (χ1v) is 5.37. The quantitative estimate of drug-likeness (QED) is 0.657. The van der Waals surface area contributed by atoms with Gasteiger partial charge in [0.15, 0.2) is 0 Å². The Morgan fingerprint density at radius 1 is 1.36 bits per heavy atom. The van der Waals surface area contributed by atoms with E-state index in [4.69, 9.17) is 0 Å². The molecule has 1 heterocycles. The fraction of sp³-hybridized carbons (Fsp3) is 0.100. The summed E-state index contributed by atoms with van der Waals surface area (Å²) >= 11 is 0. The summed E-state index contributed by atoms with van der Waals surface area (Å²) in [7, 11) is -1.33. The number of amides is 1. The summed E-state index contributed by atoms with van der Waals surface area (Å²) in [5.41, 5.74) is 0.640. The number of anilines is 1. The lowest BCUT2D eigenvalue weighted by Gasteiger charge is -2.17. The van der Waals surface area contributed by atoms with Crippen LogP contribution in [-0.4, -0.2) is 10.1 Å². The molecule has 1 aliphatic rings. The van der Waals surface area contributed by atoms with Crippen molar-refractivity contribution in [2.45, 2.75) is 11.8 Å². The van der Waals surface area contributed by atoms with Crippen LogP contribution in [0.4, 0.5) is 5.69 Å². The van der Waals surface area contributed by atoms with Gasteiger partial charge in [-0.1, -0.05) is 18.2 Å². The normalized spacial score (nSPS) is 23.1. The third kappa shape index (κ3) is 1.28.